The van der Waals surface area contributed by atoms with Crippen molar-refractivity contribution in [3.63, 3.8) is 0 Å². The largest absolute Gasteiger partial charge is 0.478 e. The van der Waals surface area contributed by atoms with Gasteiger partial charge in [-0.3, -0.25) is 4.72 Å². The Morgan fingerprint density at radius 1 is 1.41 bits per heavy atom. The number of hydrogen-bond donors (Lipinski definition) is 2. The molecule has 0 aliphatic heterocycles. The van der Waals surface area contributed by atoms with Gasteiger partial charge in [0, 0.05) is 0 Å². The van der Waals surface area contributed by atoms with Crippen LogP contribution in [0.25, 0.3) is 0 Å². The number of carboxylic acid groups (broad SMARTS) is 1. The Bertz CT molecular complexity index is 712. The van der Waals surface area contributed by atoms with E-state index in [1.54, 1.807) is 6.92 Å². The molecule has 1 unspecified atom stereocenters. The van der Waals surface area contributed by atoms with Crippen molar-refractivity contribution in [1.29, 1.82) is 0 Å². The molecule has 0 fully saturated rings. The van der Waals surface area contributed by atoms with Crippen LogP contribution < -0.4 is 4.72 Å². The van der Waals surface area contributed by atoms with Gasteiger partial charge in [0.2, 0.25) is 10.0 Å². The summed E-state index contributed by atoms with van der Waals surface area (Å²) in [6.07, 6.45) is 1.90. The second-order valence-electron chi connectivity index (χ2n) is 5.18. The maximum atomic E-state index is 13.6. The highest BCUT2D eigenvalue weighted by atomic mass is 32.2. The van der Waals surface area contributed by atoms with Gasteiger partial charge in [-0.25, -0.2) is 17.6 Å². The molecule has 0 radical (unpaired) electrons. The van der Waals surface area contributed by atoms with Gasteiger partial charge in [-0.05, 0) is 37.8 Å². The highest BCUT2D eigenvalue weighted by Crippen LogP contribution is 2.32. The van der Waals surface area contributed by atoms with Crippen molar-refractivity contribution in [2.45, 2.75) is 37.9 Å². The lowest BCUT2D eigenvalue weighted by Gasteiger charge is -2.26. The number of hydrogen-bond acceptors (Lipinski definition) is 3. The van der Waals surface area contributed by atoms with Crippen LogP contribution in [0.4, 0.5) is 10.1 Å². The second-order valence-corrected chi connectivity index (χ2v) is 7.05. The molecule has 0 heterocycles. The van der Waals surface area contributed by atoms with Crippen molar-refractivity contribution in [2.24, 2.45) is 0 Å². The van der Waals surface area contributed by atoms with Crippen LogP contribution in [0.5, 0.6) is 0 Å². The number of sulfonamides is 1. The van der Waals surface area contributed by atoms with Crippen LogP contribution in [0.3, 0.4) is 0 Å². The van der Waals surface area contributed by atoms with Crippen molar-refractivity contribution in [3.8, 4) is 0 Å². The molecular weight excluding hydrogens is 309 g/mol. The molecule has 5 nitrogen and oxygen atoms in total. The third-order valence-electron chi connectivity index (χ3n) is 3.81. The number of aliphatic carboxylic acids is 1. The molecule has 0 spiro atoms. The lowest BCUT2D eigenvalue weighted by molar-refractivity contribution is -0.132. The molecule has 120 valence electrons. The Labute approximate surface area is 128 Å². The fourth-order valence-corrected chi connectivity index (χ4v) is 4.41. The number of benzene rings is 1. The minimum absolute atomic E-state index is 0.0717. The Balaban J connectivity index is 2.40. The van der Waals surface area contributed by atoms with Crippen LogP contribution in [0, 0.1) is 5.82 Å². The van der Waals surface area contributed by atoms with Gasteiger partial charge in [0.1, 0.15) is 11.1 Å². The fourth-order valence-electron chi connectivity index (χ4n) is 2.74. The number of rotatable bonds is 5. The molecule has 7 heteroatoms. The Morgan fingerprint density at radius 2 is 2.09 bits per heavy atom. The normalized spacial score (nSPS) is 19.1. The average Bonchev–Trinajstić information content (AvgIpc) is 2.48. The third-order valence-corrected chi connectivity index (χ3v) is 5.53. The molecule has 0 amide bonds. The van der Waals surface area contributed by atoms with E-state index in [4.69, 9.17) is 0 Å². The topological polar surface area (TPSA) is 83.5 Å². The van der Waals surface area contributed by atoms with E-state index < -0.39 is 27.1 Å². The zero-order valence-electron chi connectivity index (χ0n) is 12.2. The summed E-state index contributed by atoms with van der Waals surface area (Å²) in [5.41, 5.74) is 0.399. The number of nitrogens with one attached hydrogen (secondary N) is 1. The summed E-state index contributed by atoms with van der Waals surface area (Å²) in [5.74, 6) is -1.92. The van der Waals surface area contributed by atoms with E-state index in [0.29, 0.717) is 24.8 Å². The Morgan fingerprint density at radius 3 is 2.68 bits per heavy atom. The monoisotopic (exact) mass is 327 g/mol. The van der Waals surface area contributed by atoms with Gasteiger partial charge in [0.05, 0.1) is 11.3 Å². The number of anilines is 1. The van der Waals surface area contributed by atoms with Gasteiger partial charge in [0.25, 0.3) is 0 Å². The lowest BCUT2D eigenvalue weighted by Crippen LogP contribution is -2.35. The summed E-state index contributed by atoms with van der Waals surface area (Å²) in [4.78, 5) is 11.5. The first kappa shape index (κ1) is 16.5. The Hall–Kier alpha value is -1.89. The fraction of sp³-hybridized carbons (Fsp3) is 0.400. The van der Waals surface area contributed by atoms with Crippen LogP contribution >= 0.6 is 0 Å². The van der Waals surface area contributed by atoms with Gasteiger partial charge >= 0.3 is 5.97 Å². The van der Waals surface area contributed by atoms with E-state index >= 15 is 0 Å². The smallest absolute Gasteiger partial charge is 0.332 e. The number of allylic oxidation sites excluding steroid dienone is 1. The molecule has 0 bridgehead atoms. The van der Waals surface area contributed by atoms with Crippen LogP contribution in [-0.4, -0.2) is 24.7 Å². The van der Waals surface area contributed by atoms with Crippen molar-refractivity contribution < 1.29 is 22.7 Å². The summed E-state index contributed by atoms with van der Waals surface area (Å²) in [7, 11) is -4.02. The number of halogens is 1. The Kier molecular flexibility index (Phi) is 4.85. The molecule has 2 rings (SSSR count). The van der Waals surface area contributed by atoms with Crippen molar-refractivity contribution in [3.05, 3.63) is 41.2 Å². The second kappa shape index (κ2) is 6.48. The quantitative estimate of drug-likeness (QED) is 0.871. The predicted octanol–water partition coefficient (Wildman–Crippen LogP) is 2.91. The van der Waals surface area contributed by atoms with Gasteiger partial charge in [-0.15, -0.1) is 0 Å². The molecule has 0 saturated heterocycles. The average molecular weight is 327 g/mol. The SMILES string of the molecule is CCC1=C(C(=O)O)C(S(=O)(=O)Nc2ccccc2F)CCC1. The summed E-state index contributed by atoms with van der Waals surface area (Å²) in [6.45, 7) is 1.80. The molecule has 1 aliphatic carbocycles. The maximum absolute atomic E-state index is 13.6. The van der Waals surface area contributed by atoms with E-state index in [9.17, 15) is 22.7 Å². The van der Waals surface area contributed by atoms with Crippen LogP contribution in [0.1, 0.15) is 32.6 Å². The number of carbonyl (C=O) groups is 1. The molecular formula is C15H18FNO4S. The van der Waals surface area contributed by atoms with Crippen molar-refractivity contribution in [1.82, 2.24) is 0 Å². The van der Waals surface area contributed by atoms with E-state index in [0.717, 1.165) is 6.07 Å². The number of para-hydroxylation sites is 1. The van der Waals surface area contributed by atoms with Crippen molar-refractivity contribution in [2.75, 3.05) is 4.72 Å². The highest BCUT2D eigenvalue weighted by Gasteiger charge is 2.37. The zero-order chi connectivity index (χ0) is 16.3. The van der Waals surface area contributed by atoms with E-state index in [-0.39, 0.29) is 17.7 Å². The molecule has 1 atom stereocenters. The first-order valence-electron chi connectivity index (χ1n) is 7.08. The highest BCUT2D eigenvalue weighted by molar-refractivity contribution is 7.93. The molecule has 22 heavy (non-hydrogen) atoms. The van der Waals surface area contributed by atoms with E-state index in [1.165, 1.54) is 18.2 Å². The minimum Gasteiger partial charge on any atom is -0.478 e. The van der Waals surface area contributed by atoms with Crippen LogP contribution in [0.15, 0.2) is 35.4 Å². The van der Waals surface area contributed by atoms with Gasteiger partial charge in [-0.2, -0.15) is 0 Å². The van der Waals surface area contributed by atoms with Gasteiger partial charge in [-0.1, -0.05) is 24.6 Å². The summed E-state index contributed by atoms with van der Waals surface area (Å²) in [5, 5.41) is 8.21. The number of carboxylic acids is 1. The predicted molar refractivity (Wildman–Crippen MR) is 81.5 cm³/mol. The third kappa shape index (κ3) is 3.30. The molecule has 1 aromatic rings. The van der Waals surface area contributed by atoms with E-state index in [1.807, 2.05) is 0 Å². The standard InChI is InChI=1S/C15H18FNO4S/c1-2-10-6-5-9-13(14(10)15(18)19)22(20,21)17-12-8-4-3-7-11(12)16/h3-4,7-8,13,17H,2,5-6,9H2,1H3,(H,18,19). The van der Waals surface area contributed by atoms with Gasteiger partial charge < -0.3 is 5.11 Å². The first-order valence-corrected chi connectivity index (χ1v) is 8.62. The van der Waals surface area contributed by atoms with Crippen LogP contribution in [-0.2, 0) is 14.8 Å². The molecule has 1 aromatic carbocycles. The van der Waals surface area contributed by atoms with Crippen LogP contribution in [0.2, 0.25) is 0 Å². The molecule has 0 aromatic heterocycles. The van der Waals surface area contributed by atoms with E-state index in [2.05, 4.69) is 4.72 Å². The lowest BCUT2D eigenvalue weighted by atomic mass is 9.90. The molecule has 2 N–H and O–H groups in total. The maximum Gasteiger partial charge on any atom is 0.332 e. The first-order chi connectivity index (χ1) is 10.4. The summed E-state index contributed by atoms with van der Waals surface area (Å²) < 4.78 is 40.8. The summed E-state index contributed by atoms with van der Waals surface area (Å²) in [6, 6.07) is 5.41. The van der Waals surface area contributed by atoms with Gasteiger partial charge in [0.15, 0.2) is 0 Å². The summed E-state index contributed by atoms with van der Waals surface area (Å²) >= 11 is 0. The minimum atomic E-state index is -4.02. The molecule has 0 saturated carbocycles. The molecule has 1 aliphatic rings. The zero-order valence-corrected chi connectivity index (χ0v) is 13.0. The van der Waals surface area contributed by atoms with Crippen molar-refractivity contribution >= 4 is 21.7 Å².